The Morgan fingerprint density at radius 1 is 0.292 bits per heavy atom. The zero-order valence-electron chi connectivity index (χ0n) is 21.5. The van der Waals surface area contributed by atoms with Crippen molar-refractivity contribution < 1.29 is 155 Å². The van der Waals surface area contributed by atoms with Gasteiger partial charge in [-0.25, -0.2) is 41.1 Å². The summed E-state index contributed by atoms with van der Waals surface area (Å²) in [6, 6.07) is 0. The van der Waals surface area contributed by atoms with E-state index in [9.17, 15) is 85.8 Å². The first-order valence-electron chi connectivity index (χ1n) is 10.3. The van der Waals surface area contributed by atoms with Crippen LogP contribution >= 0.6 is 70.4 Å². The normalized spacial score (nSPS) is 32.1. The fourth-order valence-corrected chi connectivity index (χ4v) is 12.5. The van der Waals surface area contributed by atoms with Gasteiger partial charge in [0.15, 0.2) is 0 Å². The van der Waals surface area contributed by atoms with Crippen molar-refractivity contribution in [3.63, 3.8) is 0 Å². The Kier molecular flexibility index (Phi) is 15.5. The highest BCUT2D eigenvalue weighted by molar-refractivity contribution is 7.67. The zero-order valence-corrected chi connectivity index (χ0v) is 29.6. The summed E-state index contributed by atoms with van der Waals surface area (Å²) in [5.74, 6) is 0. The van der Waals surface area contributed by atoms with E-state index in [1.54, 1.807) is 0 Å². The van der Waals surface area contributed by atoms with Crippen molar-refractivity contribution in [3.8, 4) is 0 Å². The lowest BCUT2D eigenvalue weighted by atomic mass is 9.85. The molecule has 0 amide bonds. The maximum absolute atomic E-state index is 12.4. The van der Waals surface area contributed by atoms with Gasteiger partial charge in [-0.3, -0.25) is 13.6 Å². The van der Waals surface area contributed by atoms with E-state index in [1.807, 2.05) is 0 Å². The summed E-state index contributed by atoms with van der Waals surface area (Å²) in [6.07, 6.45) is -19.6. The Balaban J connectivity index is 3.61. The Labute approximate surface area is 261 Å². The van der Waals surface area contributed by atoms with Gasteiger partial charge < -0.3 is 74.0 Å². The summed E-state index contributed by atoms with van der Waals surface area (Å²) in [5.41, 5.74) is 0. The first-order chi connectivity index (χ1) is 20.8. The van der Waals surface area contributed by atoms with Crippen LogP contribution in [0.25, 0.3) is 0 Å². The number of aliphatic hydroxyl groups is 3. The molecule has 1 saturated carbocycles. The Bertz CT molecular complexity index is 1590. The van der Waals surface area contributed by atoms with E-state index in [4.69, 9.17) is 29.4 Å². The zero-order chi connectivity index (χ0) is 38.3. The molecule has 33 nitrogen and oxygen atoms in total. The minimum absolute atomic E-state index is 3.15. The second-order valence-corrected chi connectivity index (χ2v) is 21.1. The third-order valence-electron chi connectivity index (χ3n) is 4.03. The van der Waals surface area contributed by atoms with Gasteiger partial charge in [0.1, 0.15) is 36.6 Å². The topological polar surface area (TPSA) is 540 Å². The molecule has 1 aliphatic carbocycles. The molecule has 0 heterocycles. The van der Waals surface area contributed by atoms with Gasteiger partial charge in [0.25, 0.3) is 0 Å². The molecule has 1 fully saturated rings. The van der Waals surface area contributed by atoms with Crippen LogP contribution in [0.4, 0.5) is 0 Å². The van der Waals surface area contributed by atoms with Gasteiger partial charge in [0, 0.05) is 0 Å². The van der Waals surface area contributed by atoms with Gasteiger partial charge in [0.05, 0.1) is 0 Å². The monoisotopic (exact) mass is 900 g/mol. The van der Waals surface area contributed by atoms with Gasteiger partial charge in [-0.1, -0.05) is 0 Å². The molecule has 12 atom stereocenters. The summed E-state index contributed by atoms with van der Waals surface area (Å²) in [5, 5.41) is 31.3. The van der Waals surface area contributed by atoms with Crippen LogP contribution in [0.15, 0.2) is 0 Å². The van der Waals surface area contributed by atoms with E-state index in [1.165, 1.54) is 0 Å². The van der Waals surface area contributed by atoms with Crippen LogP contribution in [0.3, 0.4) is 0 Å². The van der Waals surface area contributed by atoms with Crippen LogP contribution in [-0.2, 0) is 80.5 Å². The van der Waals surface area contributed by atoms with Crippen molar-refractivity contribution in [2.75, 3.05) is 0 Å². The molecule has 48 heavy (non-hydrogen) atoms. The number of phosphoric acid groups is 9. The lowest BCUT2D eigenvalue weighted by Gasteiger charge is -2.45. The maximum Gasteiger partial charge on any atom is 0.490 e. The molecule has 0 aromatic rings. The summed E-state index contributed by atoms with van der Waals surface area (Å²) < 4.78 is 136. The third kappa shape index (κ3) is 17.3. The number of rotatable bonds is 18. The molecule has 12 unspecified atom stereocenters. The highest BCUT2D eigenvalue weighted by Crippen LogP contribution is 2.70. The molecule has 0 aromatic heterocycles. The predicted molar refractivity (Wildman–Crippen MR) is 134 cm³/mol. The SMILES string of the molecule is O=P(O)(O)OP(=O)(O)OP(=O)(O)OC1C(O)C(O)C(OP(=O)(O)OP(=O)(O)OP(=O)(O)O)C(OP(=O)(O)OP(=O)(O)OP(=O)(O)O)C1O. The van der Waals surface area contributed by atoms with Crippen LogP contribution in [0.1, 0.15) is 0 Å². The van der Waals surface area contributed by atoms with Crippen LogP contribution in [0.2, 0.25) is 0 Å². The van der Waals surface area contributed by atoms with Crippen molar-refractivity contribution in [1.82, 2.24) is 0 Å². The summed E-state index contributed by atoms with van der Waals surface area (Å²) >= 11 is 0. The highest BCUT2D eigenvalue weighted by atomic mass is 31.3. The maximum atomic E-state index is 12.4. The minimum atomic E-state index is -6.63. The number of hydrogen-bond donors (Lipinski definition) is 15. The van der Waals surface area contributed by atoms with E-state index in [-0.39, 0.29) is 0 Å². The molecular weight excluding hydrogens is 879 g/mol. The van der Waals surface area contributed by atoms with Crippen molar-refractivity contribution in [2.24, 2.45) is 0 Å². The average molecular weight is 900 g/mol. The lowest BCUT2D eigenvalue weighted by molar-refractivity contribution is -0.212. The van der Waals surface area contributed by atoms with E-state index < -0.39 is 107 Å². The molecular formula is C6H21O33P9. The van der Waals surface area contributed by atoms with Crippen molar-refractivity contribution in [1.29, 1.82) is 0 Å². The average Bonchev–Trinajstić information content (AvgIpc) is 2.69. The van der Waals surface area contributed by atoms with Crippen molar-refractivity contribution >= 4 is 70.4 Å². The van der Waals surface area contributed by atoms with Crippen LogP contribution in [0.5, 0.6) is 0 Å². The van der Waals surface area contributed by atoms with Gasteiger partial charge in [-0.05, 0) is 0 Å². The third-order valence-corrected chi connectivity index (χ3v) is 15.5. The molecule has 0 radical (unpaired) electrons. The molecule has 42 heteroatoms. The van der Waals surface area contributed by atoms with E-state index in [2.05, 4.69) is 39.4 Å². The van der Waals surface area contributed by atoms with E-state index >= 15 is 0 Å². The highest BCUT2D eigenvalue weighted by Gasteiger charge is 2.59. The second kappa shape index (κ2) is 15.8. The first kappa shape index (κ1) is 47.1. The van der Waals surface area contributed by atoms with Crippen LogP contribution in [0, 0.1) is 0 Å². The molecule has 0 saturated heterocycles. The molecule has 0 bridgehead atoms. The second-order valence-electron chi connectivity index (χ2n) is 7.95. The minimum Gasteiger partial charge on any atom is -0.387 e. The van der Waals surface area contributed by atoms with E-state index in [0.29, 0.717) is 0 Å². The molecule has 1 aliphatic rings. The quantitative estimate of drug-likeness (QED) is 0.0619. The Hall–Kier alpha value is 1.11. The van der Waals surface area contributed by atoms with Crippen molar-refractivity contribution in [2.45, 2.75) is 36.6 Å². The van der Waals surface area contributed by atoms with Crippen LogP contribution < -0.4 is 0 Å². The summed E-state index contributed by atoms with van der Waals surface area (Å²) in [7, 11) is -56.9. The summed E-state index contributed by atoms with van der Waals surface area (Å²) in [4.78, 5) is 109. The summed E-state index contributed by atoms with van der Waals surface area (Å²) in [6.45, 7) is 0. The molecule has 0 aliphatic heterocycles. The molecule has 1 rings (SSSR count). The van der Waals surface area contributed by atoms with Gasteiger partial charge in [-0.2, -0.15) is 25.9 Å². The first-order valence-corrected chi connectivity index (χ1v) is 23.8. The van der Waals surface area contributed by atoms with Gasteiger partial charge in [0.2, 0.25) is 0 Å². The molecule has 15 N–H and O–H groups in total. The molecule has 0 aromatic carbocycles. The Morgan fingerprint density at radius 2 is 0.500 bits per heavy atom. The van der Waals surface area contributed by atoms with E-state index in [0.717, 1.165) is 0 Å². The molecule has 288 valence electrons. The van der Waals surface area contributed by atoms with Crippen LogP contribution in [-0.4, -0.2) is 111 Å². The van der Waals surface area contributed by atoms with Gasteiger partial charge >= 0.3 is 70.4 Å². The van der Waals surface area contributed by atoms with Gasteiger partial charge in [-0.15, -0.1) is 0 Å². The lowest BCUT2D eigenvalue weighted by Crippen LogP contribution is -2.65. The standard InChI is InChI=1S/C6H21O33P9/c7-1-2(8)5(32-44(21,22)38-47(27,28)35-41(13,14)15)6(33-45(23,24)39-48(29,30)36-42(16,17)18)3(9)4(1)31-43(19,20)37-46(25,26)34-40(10,11)12/h1-9H,(H,19,20)(H,21,22)(H,23,24)(H,25,26)(H,27,28)(H,29,30)(H2,10,11,12)(H2,13,14,15)(H2,16,17,18). The fourth-order valence-electron chi connectivity index (χ4n) is 2.89. The fraction of sp³-hybridized carbons (Fsp3) is 1.00. The smallest absolute Gasteiger partial charge is 0.387 e. The largest absolute Gasteiger partial charge is 0.490 e. The number of hydrogen-bond acceptors (Lipinski definition) is 21. The number of phosphoric ester groups is 3. The Morgan fingerprint density at radius 3 is 0.750 bits per heavy atom. The van der Waals surface area contributed by atoms with Crippen molar-refractivity contribution in [3.05, 3.63) is 0 Å². The predicted octanol–water partition coefficient (Wildman–Crippen LogP) is -2.78. The number of aliphatic hydroxyl groups excluding tert-OH is 3. The molecule has 0 spiro atoms.